The Labute approximate surface area is 145 Å². The molecule has 2 aromatic rings. The van der Waals surface area contributed by atoms with Crippen LogP contribution in [0.1, 0.15) is 16.7 Å². The fourth-order valence-corrected chi connectivity index (χ4v) is 3.53. The zero-order chi connectivity index (χ0) is 16.4. The van der Waals surface area contributed by atoms with E-state index in [9.17, 15) is 0 Å². The first-order chi connectivity index (χ1) is 11.0. The SMILES string of the molecule is COc1cc2c(cc1OC)C[N+](C)(Cc1ccc(Br)nc1)CC2. The van der Waals surface area contributed by atoms with Crippen molar-refractivity contribution in [3.8, 4) is 11.5 Å². The molecule has 1 aliphatic rings. The smallest absolute Gasteiger partial charge is 0.161 e. The van der Waals surface area contributed by atoms with Gasteiger partial charge < -0.3 is 14.0 Å². The Bertz CT molecular complexity index is 703. The molecule has 1 aromatic heterocycles. The Hall–Kier alpha value is -1.59. The second-order valence-electron chi connectivity index (χ2n) is 6.37. The summed E-state index contributed by atoms with van der Waals surface area (Å²) >= 11 is 3.39. The van der Waals surface area contributed by atoms with Gasteiger partial charge in [0.05, 0.1) is 27.8 Å². The minimum absolute atomic E-state index is 0.810. The van der Waals surface area contributed by atoms with Gasteiger partial charge in [-0.1, -0.05) is 0 Å². The number of hydrogen-bond acceptors (Lipinski definition) is 3. The molecular weight excluding hydrogens is 356 g/mol. The van der Waals surface area contributed by atoms with Crippen LogP contribution in [0.25, 0.3) is 0 Å². The van der Waals surface area contributed by atoms with Crippen LogP contribution in [0.5, 0.6) is 11.5 Å². The van der Waals surface area contributed by atoms with Crippen molar-refractivity contribution in [3.63, 3.8) is 0 Å². The van der Waals surface area contributed by atoms with Crippen LogP contribution >= 0.6 is 15.9 Å². The minimum atomic E-state index is 0.810. The largest absolute Gasteiger partial charge is 0.493 e. The first-order valence-corrected chi connectivity index (χ1v) is 8.50. The zero-order valence-corrected chi connectivity index (χ0v) is 15.4. The van der Waals surface area contributed by atoms with E-state index in [2.05, 4.69) is 46.2 Å². The summed E-state index contributed by atoms with van der Waals surface area (Å²) in [5.41, 5.74) is 3.98. The molecule has 0 N–H and O–H groups in total. The Balaban J connectivity index is 1.84. The quantitative estimate of drug-likeness (QED) is 0.602. The third-order valence-electron chi connectivity index (χ3n) is 4.53. The van der Waals surface area contributed by atoms with Crippen molar-refractivity contribution in [2.24, 2.45) is 0 Å². The van der Waals surface area contributed by atoms with E-state index in [4.69, 9.17) is 9.47 Å². The number of aromatic nitrogens is 1. The highest BCUT2D eigenvalue weighted by molar-refractivity contribution is 9.10. The highest BCUT2D eigenvalue weighted by Crippen LogP contribution is 2.35. The number of pyridine rings is 1. The van der Waals surface area contributed by atoms with Crippen LogP contribution in [0, 0.1) is 0 Å². The van der Waals surface area contributed by atoms with Crippen LogP contribution in [-0.4, -0.2) is 37.3 Å². The summed E-state index contributed by atoms with van der Waals surface area (Å²) in [7, 11) is 5.68. The summed E-state index contributed by atoms with van der Waals surface area (Å²) in [6.45, 7) is 3.08. The van der Waals surface area contributed by atoms with E-state index in [1.165, 1.54) is 16.7 Å². The van der Waals surface area contributed by atoms with Crippen molar-refractivity contribution >= 4 is 15.9 Å². The third-order valence-corrected chi connectivity index (χ3v) is 5.00. The highest BCUT2D eigenvalue weighted by Gasteiger charge is 2.30. The van der Waals surface area contributed by atoms with E-state index in [1.54, 1.807) is 14.2 Å². The van der Waals surface area contributed by atoms with Gasteiger partial charge in [0, 0.05) is 23.7 Å². The van der Waals surface area contributed by atoms with Crippen molar-refractivity contribution in [1.82, 2.24) is 4.98 Å². The van der Waals surface area contributed by atoms with Crippen LogP contribution < -0.4 is 9.47 Å². The van der Waals surface area contributed by atoms with E-state index >= 15 is 0 Å². The molecule has 0 saturated carbocycles. The molecule has 5 heteroatoms. The number of hydrogen-bond donors (Lipinski definition) is 0. The number of rotatable bonds is 4. The van der Waals surface area contributed by atoms with E-state index in [0.29, 0.717) is 0 Å². The normalized spacial score (nSPS) is 20.0. The molecule has 0 saturated heterocycles. The van der Waals surface area contributed by atoms with E-state index in [-0.39, 0.29) is 0 Å². The van der Waals surface area contributed by atoms with Crippen LogP contribution in [0.4, 0.5) is 0 Å². The fraction of sp³-hybridized carbons (Fsp3) is 0.389. The first-order valence-electron chi connectivity index (χ1n) is 7.71. The molecule has 0 aliphatic carbocycles. The zero-order valence-electron chi connectivity index (χ0n) is 13.8. The number of fused-ring (bicyclic) bond motifs is 1. The Morgan fingerprint density at radius 2 is 1.83 bits per heavy atom. The van der Waals surface area contributed by atoms with E-state index in [0.717, 1.165) is 46.6 Å². The molecule has 0 amide bonds. The molecule has 1 unspecified atom stereocenters. The van der Waals surface area contributed by atoms with Gasteiger partial charge in [0.25, 0.3) is 0 Å². The number of likely N-dealkylation sites (N-methyl/N-ethyl adjacent to an activating group) is 1. The van der Waals surface area contributed by atoms with Gasteiger partial charge in [-0.05, 0) is 45.8 Å². The summed E-state index contributed by atoms with van der Waals surface area (Å²) < 4.78 is 12.7. The maximum atomic E-state index is 5.45. The molecule has 2 heterocycles. The average Bonchev–Trinajstić information content (AvgIpc) is 2.55. The molecule has 122 valence electrons. The molecule has 0 radical (unpaired) electrons. The molecule has 4 nitrogen and oxygen atoms in total. The van der Waals surface area contributed by atoms with Crippen molar-refractivity contribution in [2.75, 3.05) is 27.8 Å². The lowest BCUT2D eigenvalue weighted by Gasteiger charge is -2.39. The van der Waals surface area contributed by atoms with Crippen molar-refractivity contribution < 1.29 is 14.0 Å². The van der Waals surface area contributed by atoms with Gasteiger partial charge in [0.2, 0.25) is 0 Å². The molecule has 0 spiro atoms. The fourth-order valence-electron chi connectivity index (χ4n) is 3.30. The molecule has 1 atom stereocenters. The summed E-state index contributed by atoms with van der Waals surface area (Å²) in [6, 6.07) is 8.40. The number of benzene rings is 1. The van der Waals surface area contributed by atoms with Crippen molar-refractivity contribution in [1.29, 1.82) is 0 Å². The summed E-state index contributed by atoms with van der Waals surface area (Å²) in [6.07, 6.45) is 3.01. The standard InChI is InChI=1S/C18H22BrN2O2/c1-21(11-13-4-5-18(19)20-10-13)7-6-14-8-16(22-2)17(23-3)9-15(14)12-21/h4-5,8-10H,6-7,11-12H2,1-3H3/q+1. The average molecular weight is 378 g/mol. The number of nitrogens with zero attached hydrogens (tertiary/aromatic N) is 2. The molecule has 1 aliphatic heterocycles. The number of methoxy groups -OCH3 is 2. The molecule has 0 fully saturated rings. The van der Waals surface area contributed by atoms with Crippen LogP contribution in [-0.2, 0) is 19.5 Å². The number of ether oxygens (including phenoxy) is 2. The highest BCUT2D eigenvalue weighted by atomic mass is 79.9. The molecule has 0 bridgehead atoms. The Kier molecular flexibility index (Phi) is 4.60. The number of quaternary nitrogens is 1. The second-order valence-corrected chi connectivity index (χ2v) is 7.19. The van der Waals surface area contributed by atoms with Gasteiger partial charge in [0.15, 0.2) is 11.5 Å². The molecule has 23 heavy (non-hydrogen) atoms. The maximum absolute atomic E-state index is 5.45. The minimum Gasteiger partial charge on any atom is -0.493 e. The lowest BCUT2D eigenvalue weighted by molar-refractivity contribution is -0.937. The van der Waals surface area contributed by atoms with Gasteiger partial charge in [-0.15, -0.1) is 0 Å². The van der Waals surface area contributed by atoms with Crippen molar-refractivity contribution in [2.45, 2.75) is 19.5 Å². The number of halogens is 1. The molecule has 1 aromatic carbocycles. The summed E-state index contributed by atoms with van der Waals surface area (Å²) in [5.74, 6) is 1.63. The van der Waals surface area contributed by atoms with E-state index < -0.39 is 0 Å². The molecule has 3 rings (SSSR count). The van der Waals surface area contributed by atoms with Gasteiger partial charge in [-0.25, -0.2) is 4.98 Å². The summed E-state index contributed by atoms with van der Waals surface area (Å²) in [4.78, 5) is 4.34. The van der Waals surface area contributed by atoms with Crippen LogP contribution in [0.2, 0.25) is 0 Å². The predicted octanol–water partition coefficient (Wildman–Crippen LogP) is 3.56. The van der Waals surface area contributed by atoms with E-state index in [1.807, 2.05) is 12.3 Å². The molecular formula is C18H22BrN2O2+. The predicted molar refractivity (Wildman–Crippen MR) is 93.6 cm³/mol. The van der Waals surface area contributed by atoms with Gasteiger partial charge in [-0.2, -0.15) is 0 Å². The van der Waals surface area contributed by atoms with Gasteiger partial charge in [0.1, 0.15) is 17.7 Å². The topological polar surface area (TPSA) is 31.4 Å². The Morgan fingerprint density at radius 3 is 2.43 bits per heavy atom. The van der Waals surface area contributed by atoms with Gasteiger partial charge >= 0.3 is 0 Å². The van der Waals surface area contributed by atoms with Gasteiger partial charge in [-0.3, -0.25) is 0 Å². The van der Waals surface area contributed by atoms with Crippen molar-refractivity contribution in [3.05, 3.63) is 51.8 Å². The lowest BCUT2D eigenvalue weighted by atomic mass is 9.96. The second kappa shape index (κ2) is 6.49. The maximum Gasteiger partial charge on any atom is 0.161 e. The van der Waals surface area contributed by atoms with Crippen LogP contribution in [0.15, 0.2) is 35.1 Å². The Morgan fingerprint density at radius 1 is 1.13 bits per heavy atom. The summed E-state index contributed by atoms with van der Waals surface area (Å²) in [5, 5.41) is 0. The monoisotopic (exact) mass is 377 g/mol. The van der Waals surface area contributed by atoms with Crippen LogP contribution in [0.3, 0.4) is 0 Å². The first kappa shape index (κ1) is 16.3. The third kappa shape index (κ3) is 3.51. The lowest BCUT2D eigenvalue weighted by Crippen LogP contribution is -2.46.